The average molecular weight is 719 g/mol. The molecule has 0 aliphatic carbocycles. The minimum Gasteiger partial charge on any atom is -0.134 e. The number of hydrogen-bond donors (Lipinski definition) is 0. The van der Waals surface area contributed by atoms with E-state index in [9.17, 15) is 0 Å². The Balaban J connectivity index is 1.09. The van der Waals surface area contributed by atoms with Gasteiger partial charge >= 0.3 is 0 Å². The summed E-state index contributed by atoms with van der Waals surface area (Å²) in [5.41, 5.74) is 7.64. The first-order valence-electron chi connectivity index (χ1n) is 18.5. The van der Waals surface area contributed by atoms with E-state index < -0.39 is 0 Å². The lowest BCUT2D eigenvalue weighted by Crippen LogP contribution is -1.93. The van der Waals surface area contributed by atoms with Crippen LogP contribution in [0.2, 0.25) is 0 Å². The summed E-state index contributed by atoms with van der Waals surface area (Å²) in [5, 5.41) is 15.6. The molecule has 54 heavy (non-hydrogen) atoms. The van der Waals surface area contributed by atoms with Crippen LogP contribution in [0.25, 0.3) is 117 Å². The minimum absolute atomic E-state index is 1.25. The van der Waals surface area contributed by atoms with Gasteiger partial charge < -0.3 is 0 Å². The minimum atomic E-state index is 1.25. The summed E-state index contributed by atoms with van der Waals surface area (Å²) in [6.07, 6.45) is 0. The second-order valence-corrected chi connectivity index (χ2v) is 16.4. The quantitative estimate of drug-likeness (QED) is 0.160. The standard InChI is InChI=1S/C52H30S2/c1-2-14-33-31(12-1)13-11-22-38(33)49-39-18-5-7-20-41(39)50(42-21-8-6-19-40(42)49)43-26-25-34(35-15-3-4-16-36(35)43)32-24-29-48-46(30-32)45-28-27-44-37-17-9-10-23-47(37)53-51(44)52(45)54-48/h1-30H. The van der Waals surface area contributed by atoms with E-state index in [4.69, 9.17) is 0 Å². The van der Waals surface area contributed by atoms with Gasteiger partial charge in [-0.25, -0.2) is 0 Å². The maximum absolute atomic E-state index is 2.43. The van der Waals surface area contributed by atoms with Crippen LogP contribution in [0.4, 0.5) is 0 Å². The summed E-state index contributed by atoms with van der Waals surface area (Å²) >= 11 is 3.85. The number of hydrogen-bond acceptors (Lipinski definition) is 2. The molecule has 10 aromatic carbocycles. The van der Waals surface area contributed by atoms with Crippen LogP contribution in [-0.4, -0.2) is 0 Å². The normalized spacial score (nSPS) is 12.1. The molecule has 0 aliphatic rings. The van der Waals surface area contributed by atoms with Crippen LogP contribution in [0.3, 0.4) is 0 Å². The maximum Gasteiger partial charge on any atom is 0.0534 e. The molecule has 0 saturated heterocycles. The lowest BCUT2D eigenvalue weighted by atomic mass is 9.83. The molecule has 2 heteroatoms. The first kappa shape index (κ1) is 30.2. The summed E-state index contributed by atoms with van der Waals surface area (Å²) in [7, 11) is 0. The average Bonchev–Trinajstić information content (AvgIpc) is 3.81. The Hall–Kier alpha value is -6.32. The second-order valence-electron chi connectivity index (χ2n) is 14.3. The zero-order valence-electron chi connectivity index (χ0n) is 29.1. The SMILES string of the molecule is c1ccc2c(-c3c4ccccc4c(-c4ccc(-c5ccc6sc7c(ccc8c9ccccc9sc87)c6c5)c5ccccc45)c4ccccc34)cccc2c1. The smallest absolute Gasteiger partial charge is 0.0534 e. The molecular weight excluding hydrogens is 689 g/mol. The molecule has 12 rings (SSSR count). The molecule has 2 aromatic heterocycles. The van der Waals surface area contributed by atoms with E-state index in [0.29, 0.717) is 0 Å². The highest BCUT2D eigenvalue weighted by molar-refractivity contribution is 7.33. The van der Waals surface area contributed by atoms with E-state index in [2.05, 4.69) is 182 Å². The van der Waals surface area contributed by atoms with Crippen LogP contribution in [0.15, 0.2) is 182 Å². The van der Waals surface area contributed by atoms with Gasteiger partial charge in [-0.05, 0) is 94.7 Å². The van der Waals surface area contributed by atoms with Gasteiger partial charge in [0.15, 0.2) is 0 Å². The van der Waals surface area contributed by atoms with Crippen molar-refractivity contribution in [2.45, 2.75) is 0 Å². The third kappa shape index (κ3) is 4.30. The Bertz CT molecular complexity index is 3440. The van der Waals surface area contributed by atoms with Gasteiger partial charge in [-0.1, -0.05) is 164 Å². The first-order valence-corrected chi connectivity index (χ1v) is 20.1. The summed E-state index contributed by atoms with van der Waals surface area (Å²) in [6.45, 7) is 0. The van der Waals surface area contributed by atoms with E-state index in [1.54, 1.807) is 0 Å². The van der Waals surface area contributed by atoms with Crippen molar-refractivity contribution in [2.75, 3.05) is 0 Å². The van der Waals surface area contributed by atoms with Crippen molar-refractivity contribution in [3.63, 3.8) is 0 Å². The molecule has 250 valence electrons. The third-order valence-electron chi connectivity index (χ3n) is 11.5. The molecule has 0 spiro atoms. The highest BCUT2D eigenvalue weighted by Crippen LogP contribution is 2.49. The first-order chi connectivity index (χ1) is 26.8. The van der Waals surface area contributed by atoms with Crippen LogP contribution in [0.5, 0.6) is 0 Å². The van der Waals surface area contributed by atoms with E-state index in [1.165, 1.54) is 117 Å². The Morgan fingerprint density at radius 2 is 0.722 bits per heavy atom. The van der Waals surface area contributed by atoms with Crippen LogP contribution in [0, 0.1) is 0 Å². The maximum atomic E-state index is 2.43. The van der Waals surface area contributed by atoms with Gasteiger partial charge in [0.2, 0.25) is 0 Å². The zero-order valence-corrected chi connectivity index (χ0v) is 30.8. The number of fused-ring (bicyclic) bond motifs is 11. The highest BCUT2D eigenvalue weighted by Gasteiger charge is 2.20. The molecular formula is C52H30S2. The lowest BCUT2D eigenvalue weighted by molar-refractivity contribution is 1.67. The van der Waals surface area contributed by atoms with Crippen LogP contribution in [0.1, 0.15) is 0 Å². The summed E-state index contributed by atoms with van der Waals surface area (Å²) in [6, 6.07) is 67.8. The molecule has 0 radical (unpaired) electrons. The number of benzene rings is 10. The zero-order chi connectivity index (χ0) is 35.3. The number of rotatable bonds is 3. The largest absolute Gasteiger partial charge is 0.134 e. The van der Waals surface area contributed by atoms with Crippen molar-refractivity contribution < 1.29 is 0 Å². The molecule has 0 bridgehead atoms. The van der Waals surface area contributed by atoms with Gasteiger partial charge in [-0.2, -0.15) is 0 Å². The fourth-order valence-electron chi connectivity index (χ4n) is 9.11. The van der Waals surface area contributed by atoms with Crippen molar-refractivity contribution in [3.8, 4) is 33.4 Å². The Morgan fingerprint density at radius 3 is 1.39 bits per heavy atom. The van der Waals surface area contributed by atoms with E-state index in [0.717, 1.165) is 0 Å². The molecule has 2 heterocycles. The van der Waals surface area contributed by atoms with Gasteiger partial charge in [0.25, 0.3) is 0 Å². The van der Waals surface area contributed by atoms with Crippen molar-refractivity contribution in [1.82, 2.24) is 0 Å². The van der Waals surface area contributed by atoms with Crippen LogP contribution in [-0.2, 0) is 0 Å². The second kappa shape index (κ2) is 11.6. The molecule has 0 fully saturated rings. The predicted octanol–water partition coefficient (Wildman–Crippen LogP) is 16.0. The molecule has 0 nitrogen and oxygen atoms in total. The van der Waals surface area contributed by atoms with E-state index in [-0.39, 0.29) is 0 Å². The van der Waals surface area contributed by atoms with Crippen molar-refractivity contribution in [2.24, 2.45) is 0 Å². The Morgan fingerprint density at radius 1 is 0.259 bits per heavy atom. The Kier molecular flexibility index (Phi) is 6.48. The van der Waals surface area contributed by atoms with Crippen molar-refractivity contribution in [3.05, 3.63) is 182 Å². The molecule has 0 unspecified atom stereocenters. The molecule has 0 atom stereocenters. The van der Waals surface area contributed by atoms with Crippen molar-refractivity contribution in [1.29, 1.82) is 0 Å². The summed E-state index contributed by atoms with van der Waals surface area (Å²) in [4.78, 5) is 0. The van der Waals surface area contributed by atoms with Gasteiger partial charge in [0, 0.05) is 30.9 Å². The summed E-state index contributed by atoms with van der Waals surface area (Å²) in [5.74, 6) is 0. The monoisotopic (exact) mass is 718 g/mol. The molecule has 0 saturated carbocycles. The summed E-state index contributed by atoms with van der Waals surface area (Å²) < 4.78 is 5.49. The molecule has 12 aromatic rings. The van der Waals surface area contributed by atoms with Crippen molar-refractivity contribution >= 4 is 106 Å². The highest BCUT2D eigenvalue weighted by atomic mass is 32.1. The van der Waals surface area contributed by atoms with Gasteiger partial charge in [0.1, 0.15) is 0 Å². The lowest BCUT2D eigenvalue weighted by Gasteiger charge is -2.20. The fraction of sp³-hybridized carbons (Fsp3) is 0. The van der Waals surface area contributed by atoms with Crippen LogP contribution < -0.4 is 0 Å². The van der Waals surface area contributed by atoms with Gasteiger partial charge in [-0.3, -0.25) is 0 Å². The fourth-order valence-corrected chi connectivity index (χ4v) is 11.6. The Labute approximate surface area is 319 Å². The predicted molar refractivity (Wildman–Crippen MR) is 239 cm³/mol. The molecule has 0 N–H and O–H groups in total. The van der Waals surface area contributed by atoms with E-state index >= 15 is 0 Å². The molecule has 0 aliphatic heterocycles. The van der Waals surface area contributed by atoms with Crippen LogP contribution >= 0.6 is 22.7 Å². The number of thiophene rings is 2. The topological polar surface area (TPSA) is 0 Å². The van der Waals surface area contributed by atoms with E-state index in [1.807, 2.05) is 22.7 Å². The van der Waals surface area contributed by atoms with Gasteiger partial charge in [-0.15, -0.1) is 22.7 Å². The third-order valence-corrected chi connectivity index (χ3v) is 14.0. The van der Waals surface area contributed by atoms with Gasteiger partial charge in [0.05, 0.1) is 9.40 Å². The molecule has 0 amide bonds.